The molecule has 0 aliphatic heterocycles. The summed E-state index contributed by atoms with van der Waals surface area (Å²) in [6.07, 6.45) is 0. The molecule has 0 bridgehead atoms. The molecule has 1 heteroatoms. The van der Waals surface area contributed by atoms with Crippen LogP contribution in [0.15, 0.2) is 235 Å². The van der Waals surface area contributed by atoms with Crippen molar-refractivity contribution in [2.24, 2.45) is 0 Å². The van der Waals surface area contributed by atoms with Crippen LogP contribution in [0.4, 0.5) is 0 Å². The van der Waals surface area contributed by atoms with E-state index in [0.29, 0.717) is 0 Å². The zero-order chi connectivity index (χ0) is 43.7. The van der Waals surface area contributed by atoms with E-state index in [2.05, 4.69) is 231 Å². The average Bonchev–Trinajstić information content (AvgIpc) is 3.79. The minimum atomic E-state index is 0.913. The van der Waals surface area contributed by atoms with Gasteiger partial charge in [0.1, 0.15) is 11.2 Å². The third kappa shape index (κ3) is 5.31. The molecule has 0 N–H and O–H groups in total. The Morgan fingerprint density at radius 2 is 0.597 bits per heavy atom. The van der Waals surface area contributed by atoms with Gasteiger partial charge in [-0.1, -0.05) is 212 Å². The van der Waals surface area contributed by atoms with Crippen molar-refractivity contribution in [3.05, 3.63) is 231 Å². The lowest BCUT2D eigenvalue weighted by Crippen LogP contribution is -1.90. The van der Waals surface area contributed by atoms with Crippen molar-refractivity contribution in [3.63, 3.8) is 0 Å². The first-order chi connectivity index (χ1) is 33.2. The Hall–Kier alpha value is -8.78. The Morgan fingerprint density at radius 3 is 1.13 bits per heavy atom. The minimum Gasteiger partial charge on any atom is -0.455 e. The van der Waals surface area contributed by atoms with E-state index in [9.17, 15) is 0 Å². The molecule has 1 heterocycles. The fourth-order valence-electron chi connectivity index (χ4n) is 11.6. The van der Waals surface area contributed by atoms with Crippen LogP contribution in [-0.2, 0) is 0 Å². The molecule has 0 radical (unpaired) electrons. The van der Waals surface area contributed by atoms with E-state index in [1.807, 2.05) is 0 Å². The molecular formula is C66H38O. The van der Waals surface area contributed by atoms with Crippen LogP contribution in [0.1, 0.15) is 0 Å². The van der Waals surface area contributed by atoms with Crippen LogP contribution >= 0.6 is 0 Å². The van der Waals surface area contributed by atoms with E-state index < -0.39 is 0 Å². The third-order valence-corrected chi connectivity index (χ3v) is 14.8. The van der Waals surface area contributed by atoms with Crippen molar-refractivity contribution < 1.29 is 4.42 Å². The standard InChI is InChI=1S/C66H38O/c1-3-9-40(10-4-1)49-28-20-44-25-34-56-51(30-22-45-24-32-54(49)61(44)62(45)56)43-17-15-39(16-18-43)48-37-59(66-60(38-48)58-36-19-42-13-7-8-14-52(42)65(58)67-66)53-31-23-47-26-33-55-50(41-11-5-2-6-12-41)29-21-46-27-35-57(53)64(47)63(46)55/h1-38H. The molecule has 0 saturated heterocycles. The summed E-state index contributed by atoms with van der Waals surface area (Å²) in [6.45, 7) is 0. The summed E-state index contributed by atoms with van der Waals surface area (Å²) in [7, 11) is 0. The predicted molar refractivity (Wildman–Crippen MR) is 286 cm³/mol. The molecule has 1 nitrogen and oxygen atoms in total. The van der Waals surface area contributed by atoms with Crippen LogP contribution < -0.4 is 0 Å². The van der Waals surface area contributed by atoms with Crippen LogP contribution in [0.3, 0.4) is 0 Å². The van der Waals surface area contributed by atoms with Gasteiger partial charge in [-0.15, -0.1) is 0 Å². The average molecular weight is 847 g/mol. The number of fused-ring (bicyclic) bond motifs is 5. The zero-order valence-electron chi connectivity index (χ0n) is 36.3. The summed E-state index contributed by atoms with van der Waals surface area (Å²) in [5.41, 5.74) is 13.9. The largest absolute Gasteiger partial charge is 0.455 e. The van der Waals surface area contributed by atoms with Crippen LogP contribution in [0, 0.1) is 0 Å². The fraction of sp³-hybridized carbons (Fsp3) is 0. The topological polar surface area (TPSA) is 13.1 Å². The maximum atomic E-state index is 7.11. The molecule has 0 saturated carbocycles. The monoisotopic (exact) mass is 846 g/mol. The van der Waals surface area contributed by atoms with Gasteiger partial charge in [0.05, 0.1) is 0 Å². The van der Waals surface area contributed by atoms with Gasteiger partial charge in [0, 0.05) is 21.7 Å². The Bertz CT molecular complexity index is 4460. The highest BCUT2D eigenvalue weighted by molar-refractivity contribution is 6.30. The maximum absolute atomic E-state index is 7.11. The SMILES string of the molecule is c1ccc(-c2ccc3ccc4c(-c5ccc(-c6cc(-c7ccc8ccc9c(-c%10ccccc%10)ccc%10ccc7c8c%109)c7oc8c9ccccc9ccc8c7c6)cc5)ccc5ccc2c3c54)cc1. The van der Waals surface area contributed by atoms with Gasteiger partial charge in [-0.25, -0.2) is 0 Å². The van der Waals surface area contributed by atoms with Crippen molar-refractivity contribution in [2.45, 2.75) is 0 Å². The van der Waals surface area contributed by atoms with Gasteiger partial charge in [0.25, 0.3) is 0 Å². The fourth-order valence-corrected chi connectivity index (χ4v) is 11.6. The lowest BCUT2D eigenvalue weighted by atomic mass is 9.86. The number of hydrogen-bond acceptors (Lipinski definition) is 1. The summed E-state index contributed by atoms with van der Waals surface area (Å²) in [4.78, 5) is 0. The highest BCUT2D eigenvalue weighted by atomic mass is 16.3. The maximum Gasteiger partial charge on any atom is 0.143 e. The molecule has 0 aliphatic rings. The van der Waals surface area contributed by atoms with Crippen molar-refractivity contribution in [1.82, 2.24) is 0 Å². The lowest BCUT2D eigenvalue weighted by Gasteiger charge is -2.17. The Kier molecular flexibility index (Phi) is 7.56. The first kappa shape index (κ1) is 36.5. The molecular weight excluding hydrogens is 809 g/mol. The quantitative estimate of drug-likeness (QED) is 0.157. The van der Waals surface area contributed by atoms with E-state index in [1.165, 1.54) is 109 Å². The van der Waals surface area contributed by atoms with E-state index in [0.717, 1.165) is 44.0 Å². The molecule has 1 aromatic heterocycles. The van der Waals surface area contributed by atoms with Crippen molar-refractivity contribution in [2.75, 3.05) is 0 Å². The summed E-state index contributed by atoms with van der Waals surface area (Å²) in [5, 5.41) is 19.9. The second-order valence-corrected chi connectivity index (χ2v) is 18.3. The summed E-state index contributed by atoms with van der Waals surface area (Å²) in [5.74, 6) is 0. The van der Waals surface area contributed by atoms with Gasteiger partial charge in [0.2, 0.25) is 0 Å². The molecule has 0 unspecified atom stereocenters. The van der Waals surface area contributed by atoms with Gasteiger partial charge in [-0.05, 0) is 138 Å². The second kappa shape index (κ2) is 13.9. The number of hydrogen-bond donors (Lipinski definition) is 0. The Balaban J connectivity index is 0.926. The molecule has 14 aromatic carbocycles. The molecule has 0 aliphatic carbocycles. The van der Waals surface area contributed by atoms with Crippen molar-refractivity contribution in [1.29, 1.82) is 0 Å². The number of benzene rings is 14. The second-order valence-electron chi connectivity index (χ2n) is 18.3. The van der Waals surface area contributed by atoms with Gasteiger partial charge in [-0.2, -0.15) is 0 Å². The smallest absolute Gasteiger partial charge is 0.143 e. The van der Waals surface area contributed by atoms with Crippen LogP contribution in [-0.4, -0.2) is 0 Å². The van der Waals surface area contributed by atoms with E-state index in [1.54, 1.807) is 0 Å². The highest BCUT2D eigenvalue weighted by Gasteiger charge is 2.21. The van der Waals surface area contributed by atoms with Gasteiger partial charge >= 0.3 is 0 Å². The van der Waals surface area contributed by atoms with E-state index in [4.69, 9.17) is 4.42 Å². The van der Waals surface area contributed by atoms with Crippen LogP contribution in [0.2, 0.25) is 0 Å². The number of rotatable bonds is 5. The third-order valence-electron chi connectivity index (χ3n) is 14.8. The van der Waals surface area contributed by atoms with Crippen LogP contribution in [0.25, 0.3) is 153 Å². The van der Waals surface area contributed by atoms with E-state index in [-0.39, 0.29) is 0 Å². The molecule has 67 heavy (non-hydrogen) atoms. The first-order valence-corrected chi connectivity index (χ1v) is 23.2. The zero-order valence-corrected chi connectivity index (χ0v) is 36.3. The molecule has 0 spiro atoms. The van der Waals surface area contributed by atoms with Gasteiger partial charge in [-0.3, -0.25) is 0 Å². The van der Waals surface area contributed by atoms with Crippen molar-refractivity contribution >= 4 is 97.3 Å². The predicted octanol–water partition coefficient (Wildman–Crippen LogP) is 18.9. The molecule has 0 fully saturated rings. The minimum absolute atomic E-state index is 0.913. The molecule has 0 amide bonds. The highest BCUT2D eigenvalue weighted by Crippen LogP contribution is 2.48. The molecule has 0 atom stereocenters. The van der Waals surface area contributed by atoms with Gasteiger partial charge < -0.3 is 4.42 Å². The normalized spacial score (nSPS) is 12.2. The molecule has 15 aromatic rings. The van der Waals surface area contributed by atoms with Gasteiger partial charge in [0.15, 0.2) is 0 Å². The summed E-state index contributed by atoms with van der Waals surface area (Å²) >= 11 is 0. The Labute approximate surface area is 386 Å². The van der Waals surface area contributed by atoms with Crippen molar-refractivity contribution in [3.8, 4) is 55.6 Å². The molecule has 15 rings (SSSR count). The first-order valence-electron chi connectivity index (χ1n) is 23.2. The summed E-state index contributed by atoms with van der Waals surface area (Å²) in [6, 6.07) is 85.3. The summed E-state index contributed by atoms with van der Waals surface area (Å²) < 4.78 is 7.11. The van der Waals surface area contributed by atoms with E-state index >= 15 is 0 Å². The lowest BCUT2D eigenvalue weighted by molar-refractivity contribution is 0.674. The number of furan rings is 1. The van der Waals surface area contributed by atoms with Crippen LogP contribution in [0.5, 0.6) is 0 Å². The Morgan fingerprint density at radius 1 is 0.194 bits per heavy atom. The molecule has 308 valence electrons.